The second-order valence-corrected chi connectivity index (χ2v) is 7.62. The molecule has 1 aromatic carbocycles. The number of fused-ring (bicyclic) bond motifs is 2. The van der Waals surface area contributed by atoms with Gasteiger partial charge in [0, 0.05) is 18.0 Å². The van der Waals surface area contributed by atoms with Gasteiger partial charge in [0.05, 0.1) is 23.4 Å². The van der Waals surface area contributed by atoms with E-state index in [-0.39, 0.29) is 0 Å². The van der Waals surface area contributed by atoms with Gasteiger partial charge in [0.2, 0.25) is 5.95 Å². The lowest BCUT2D eigenvalue weighted by atomic mass is 10.0. The van der Waals surface area contributed by atoms with Gasteiger partial charge < -0.3 is 21.5 Å². The largest absolute Gasteiger partial charge is 0.493 e. The number of aromatic nitrogens is 2. The average molecular weight is 367 g/mol. The zero-order valence-corrected chi connectivity index (χ0v) is 14.7. The van der Waals surface area contributed by atoms with Crippen molar-refractivity contribution in [1.29, 1.82) is 0 Å². The van der Waals surface area contributed by atoms with Gasteiger partial charge in [-0.3, -0.25) is 4.79 Å². The summed E-state index contributed by atoms with van der Waals surface area (Å²) in [5.74, 6) is 0.869. The van der Waals surface area contributed by atoms with Gasteiger partial charge >= 0.3 is 0 Å². The summed E-state index contributed by atoms with van der Waals surface area (Å²) in [4.78, 5) is 22.0. The van der Waals surface area contributed by atoms with Gasteiger partial charge in [0.1, 0.15) is 15.5 Å². The summed E-state index contributed by atoms with van der Waals surface area (Å²) in [6.07, 6.45) is 3.14. The van der Waals surface area contributed by atoms with Crippen LogP contribution in [-0.4, -0.2) is 28.5 Å². The van der Waals surface area contributed by atoms with Crippen LogP contribution in [0.4, 0.5) is 11.6 Å². The fraction of sp³-hybridized carbons (Fsp3) is 0.278. The highest BCUT2D eigenvalue weighted by molar-refractivity contribution is 7.21. The third kappa shape index (κ3) is 2.45. The molecule has 1 aliphatic carbocycles. The molecule has 2 aliphatic rings. The van der Waals surface area contributed by atoms with E-state index in [0.717, 1.165) is 30.6 Å². The van der Waals surface area contributed by atoms with Crippen LogP contribution in [0, 0.1) is 0 Å². The zero-order chi connectivity index (χ0) is 17.8. The molecule has 0 spiro atoms. The zero-order valence-electron chi connectivity index (χ0n) is 13.9. The quantitative estimate of drug-likeness (QED) is 0.652. The lowest BCUT2D eigenvalue weighted by Gasteiger charge is -2.09. The van der Waals surface area contributed by atoms with Gasteiger partial charge in [-0.25, -0.2) is 9.97 Å². The number of nitrogens with zero attached hydrogens (tertiary/aromatic N) is 2. The number of nitrogens with one attached hydrogen (secondary N) is 1. The Morgan fingerprint density at radius 2 is 2.15 bits per heavy atom. The van der Waals surface area contributed by atoms with E-state index in [0.29, 0.717) is 45.1 Å². The number of anilines is 2. The van der Waals surface area contributed by atoms with E-state index in [1.165, 1.54) is 16.9 Å². The van der Waals surface area contributed by atoms with Gasteiger partial charge in [0.15, 0.2) is 0 Å². The minimum Gasteiger partial charge on any atom is -0.493 e. The first-order chi connectivity index (χ1) is 12.6. The molecule has 1 amide bonds. The predicted octanol–water partition coefficient (Wildman–Crippen LogP) is 2.55. The second-order valence-electron chi connectivity index (χ2n) is 6.62. The Kier molecular flexibility index (Phi) is 3.30. The molecule has 0 saturated heterocycles. The minimum atomic E-state index is -0.551. The Morgan fingerprint density at radius 3 is 2.92 bits per heavy atom. The Hall–Kier alpha value is -2.87. The summed E-state index contributed by atoms with van der Waals surface area (Å²) in [6.45, 7) is 0.693. The van der Waals surface area contributed by atoms with Crippen LogP contribution >= 0.6 is 11.3 Å². The molecule has 0 unspecified atom stereocenters. The first kappa shape index (κ1) is 15.4. The van der Waals surface area contributed by atoms with Crippen LogP contribution in [0.3, 0.4) is 0 Å². The molecule has 5 N–H and O–H groups in total. The molecule has 1 saturated carbocycles. The molecule has 8 heteroatoms. The van der Waals surface area contributed by atoms with Crippen LogP contribution in [0.5, 0.6) is 5.75 Å². The highest BCUT2D eigenvalue weighted by Crippen LogP contribution is 2.41. The highest BCUT2D eigenvalue weighted by Gasteiger charge is 2.25. The van der Waals surface area contributed by atoms with E-state index in [9.17, 15) is 4.79 Å². The second kappa shape index (κ2) is 5.57. The van der Waals surface area contributed by atoms with Crippen molar-refractivity contribution in [3.8, 4) is 17.0 Å². The number of hydrogen-bond acceptors (Lipinski definition) is 7. The lowest BCUT2D eigenvalue weighted by molar-refractivity contribution is 0.100. The van der Waals surface area contributed by atoms with Crippen LogP contribution in [0.15, 0.2) is 18.2 Å². The van der Waals surface area contributed by atoms with Gasteiger partial charge in [-0.2, -0.15) is 0 Å². The molecule has 1 aliphatic heterocycles. The van der Waals surface area contributed by atoms with Crippen LogP contribution in [0.1, 0.15) is 28.1 Å². The van der Waals surface area contributed by atoms with Crippen LogP contribution in [0.25, 0.3) is 21.5 Å². The summed E-state index contributed by atoms with van der Waals surface area (Å²) in [6, 6.07) is 6.46. The number of thiophene rings is 1. The fourth-order valence-corrected chi connectivity index (χ4v) is 4.15. The van der Waals surface area contributed by atoms with E-state index in [2.05, 4.69) is 16.4 Å². The first-order valence-corrected chi connectivity index (χ1v) is 9.34. The summed E-state index contributed by atoms with van der Waals surface area (Å²) in [5.41, 5.74) is 14.8. The topological polar surface area (TPSA) is 116 Å². The monoisotopic (exact) mass is 367 g/mol. The number of ether oxygens (including phenoxy) is 1. The number of nitrogens with two attached hydrogens (primary N) is 2. The number of rotatable bonds is 4. The molecular formula is C18H17N5O2S. The first-order valence-electron chi connectivity index (χ1n) is 8.52. The van der Waals surface area contributed by atoms with E-state index >= 15 is 0 Å². The van der Waals surface area contributed by atoms with E-state index in [4.69, 9.17) is 21.2 Å². The minimum absolute atomic E-state index is 0.316. The predicted molar refractivity (Wildman–Crippen MR) is 102 cm³/mol. The third-order valence-corrected chi connectivity index (χ3v) is 5.81. The number of carbonyl (C=O) groups is 1. The average Bonchev–Trinajstić information content (AvgIpc) is 3.19. The summed E-state index contributed by atoms with van der Waals surface area (Å²) >= 11 is 1.21. The standard InChI is InChI=1S/C18H17N5O2S/c19-13-12-14(9-2-1-8-5-6-25-11(8)7-9)22-18(21-10-3-4-10)23-17(12)26-15(13)16(20)24/h1-2,7,10H,3-6,19H2,(H2,20,24)(H,21,22,23). The van der Waals surface area contributed by atoms with Crippen LogP contribution in [0.2, 0.25) is 0 Å². The summed E-state index contributed by atoms with van der Waals surface area (Å²) < 4.78 is 5.69. The van der Waals surface area contributed by atoms with Gasteiger partial charge in [0.25, 0.3) is 5.91 Å². The van der Waals surface area contributed by atoms with E-state index in [1.54, 1.807) is 0 Å². The molecule has 132 valence electrons. The molecule has 26 heavy (non-hydrogen) atoms. The number of hydrogen-bond donors (Lipinski definition) is 3. The van der Waals surface area contributed by atoms with Crippen molar-refractivity contribution in [3.05, 3.63) is 28.6 Å². The Morgan fingerprint density at radius 1 is 1.31 bits per heavy atom. The van der Waals surface area contributed by atoms with Crippen molar-refractivity contribution < 1.29 is 9.53 Å². The molecule has 0 atom stereocenters. The normalized spacial score (nSPS) is 15.7. The molecule has 1 fully saturated rings. The maximum absolute atomic E-state index is 11.7. The number of carbonyl (C=O) groups excluding carboxylic acids is 1. The molecule has 5 rings (SSSR count). The van der Waals surface area contributed by atoms with Crippen LogP contribution in [-0.2, 0) is 6.42 Å². The van der Waals surface area contributed by atoms with Gasteiger partial charge in [-0.15, -0.1) is 11.3 Å². The van der Waals surface area contributed by atoms with Crippen molar-refractivity contribution >= 4 is 39.1 Å². The van der Waals surface area contributed by atoms with Crippen molar-refractivity contribution in [2.24, 2.45) is 5.73 Å². The Labute approximate surface area is 153 Å². The Balaban J connectivity index is 1.74. The molecule has 3 heterocycles. The van der Waals surface area contributed by atoms with Crippen molar-refractivity contribution in [1.82, 2.24) is 9.97 Å². The molecule has 7 nitrogen and oxygen atoms in total. The molecule has 3 aromatic rings. The van der Waals surface area contributed by atoms with Crippen molar-refractivity contribution in [2.45, 2.75) is 25.3 Å². The smallest absolute Gasteiger partial charge is 0.260 e. The Bertz CT molecular complexity index is 1060. The fourth-order valence-electron chi connectivity index (χ4n) is 3.20. The van der Waals surface area contributed by atoms with Crippen molar-refractivity contribution in [2.75, 3.05) is 17.7 Å². The molecular weight excluding hydrogens is 350 g/mol. The molecule has 2 aromatic heterocycles. The van der Waals surface area contributed by atoms with Gasteiger partial charge in [-0.1, -0.05) is 12.1 Å². The number of nitrogen functional groups attached to an aromatic ring is 1. The van der Waals surface area contributed by atoms with E-state index < -0.39 is 5.91 Å². The molecule has 0 radical (unpaired) electrons. The summed E-state index contributed by atoms with van der Waals surface area (Å²) in [5, 5.41) is 3.99. The number of benzene rings is 1. The SMILES string of the molecule is NC(=O)c1sc2nc(NC3CC3)nc(-c3ccc4c(c3)OCC4)c2c1N. The lowest BCUT2D eigenvalue weighted by Crippen LogP contribution is -2.10. The van der Waals surface area contributed by atoms with E-state index in [1.807, 2.05) is 12.1 Å². The maximum atomic E-state index is 11.7. The van der Waals surface area contributed by atoms with Crippen molar-refractivity contribution in [3.63, 3.8) is 0 Å². The molecule has 0 bridgehead atoms. The van der Waals surface area contributed by atoms with Gasteiger partial charge in [-0.05, 0) is 24.5 Å². The maximum Gasteiger partial charge on any atom is 0.260 e. The third-order valence-electron chi connectivity index (χ3n) is 4.69. The summed E-state index contributed by atoms with van der Waals surface area (Å²) in [7, 11) is 0. The highest BCUT2D eigenvalue weighted by atomic mass is 32.1. The number of primary amides is 1. The van der Waals surface area contributed by atoms with Crippen LogP contribution < -0.4 is 21.5 Å². The number of amides is 1.